The fraction of sp³-hybridized carbons (Fsp3) is 0.538. The van der Waals surface area contributed by atoms with Crippen LogP contribution in [0.4, 0.5) is 0 Å². The number of nitrogens with one attached hydrogen (secondary N) is 1. The van der Waals surface area contributed by atoms with E-state index in [2.05, 4.69) is 19.2 Å². The van der Waals surface area contributed by atoms with Crippen molar-refractivity contribution in [2.45, 2.75) is 45.7 Å². The van der Waals surface area contributed by atoms with Crippen molar-refractivity contribution in [1.29, 1.82) is 0 Å². The summed E-state index contributed by atoms with van der Waals surface area (Å²) in [4.78, 5) is 0. The van der Waals surface area contributed by atoms with Crippen molar-refractivity contribution >= 4 is 11.6 Å². The zero-order valence-electron chi connectivity index (χ0n) is 10.1. The number of rotatable bonds is 5. The van der Waals surface area contributed by atoms with Crippen molar-refractivity contribution in [1.82, 2.24) is 5.32 Å². The molecule has 1 aromatic carbocycles. The summed E-state index contributed by atoms with van der Waals surface area (Å²) in [5.41, 5.74) is 0.857. The van der Waals surface area contributed by atoms with Gasteiger partial charge < -0.3 is 10.4 Å². The average Bonchev–Trinajstić information content (AvgIpc) is 2.21. The van der Waals surface area contributed by atoms with Crippen LogP contribution >= 0.6 is 11.6 Å². The van der Waals surface area contributed by atoms with Crippen LogP contribution in [0.15, 0.2) is 18.2 Å². The fourth-order valence-corrected chi connectivity index (χ4v) is 2.09. The van der Waals surface area contributed by atoms with Crippen LogP contribution in [-0.4, -0.2) is 11.1 Å². The van der Waals surface area contributed by atoms with Gasteiger partial charge in [-0.1, -0.05) is 24.9 Å². The van der Waals surface area contributed by atoms with Gasteiger partial charge in [-0.25, -0.2) is 0 Å². The van der Waals surface area contributed by atoms with E-state index >= 15 is 0 Å². The summed E-state index contributed by atoms with van der Waals surface area (Å²) in [7, 11) is 0. The molecule has 1 aromatic rings. The predicted octanol–water partition coefficient (Wildman–Crippen LogP) is 3.88. The maximum Gasteiger partial charge on any atom is 0.120 e. The lowest BCUT2D eigenvalue weighted by Crippen LogP contribution is -2.28. The standard InChI is InChI=1S/C13H20ClNO/c1-4-5-9(2)15-10(3)12-8-11(14)6-7-13(12)16/h6-10,15-16H,4-5H2,1-3H3. The van der Waals surface area contributed by atoms with E-state index in [4.69, 9.17) is 11.6 Å². The lowest BCUT2D eigenvalue weighted by molar-refractivity contribution is 0.423. The van der Waals surface area contributed by atoms with Crippen LogP contribution in [-0.2, 0) is 0 Å². The number of benzene rings is 1. The highest BCUT2D eigenvalue weighted by atomic mass is 35.5. The predicted molar refractivity (Wildman–Crippen MR) is 69.0 cm³/mol. The van der Waals surface area contributed by atoms with Crippen molar-refractivity contribution in [3.8, 4) is 5.75 Å². The summed E-state index contributed by atoms with van der Waals surface area (Å²) in [6, 6.07) is 5.70. The topological polar surface area (TPSA) is 32.3 Å². The van der Waals surface area contributed by atoms with Crippen molar-refractivity contribution in [2.75, 3.05) is 0 Å². The van der Waals surface area contributed by atoms with Gasteiger partial charge in [-0.05, 0) is 38.5 Å². The fourth-order valence-electron chi connectivity index (χ4n) is 1.91. The third-order valence-corrected chi connectivity index (χ3v) is 2.95. The van der Waals surface area contributed by atoms with Gasteiger partial charge in [0.25, 0.3) is 0 Å². The molecule has 2 N–H and O–H groups in total. The molecule has 0 aromatic heterocycles. The van der Waals surface area contributed by atoms with Crippen molar-refractivity contribution < 1.29 is 5.11 Å². The summed E-state index contributed by atoms with van der Waals surface area (Å²) in [6.45, 7) is 6.36. The summed E-state index contributed by atoms with van der Waals surface area (Å²) < 4.78 is 0. The second kappa shape index (κ2) is 6.12. The Balaban J connectivity index is 2.72. The second-order valence-corrected chi connectivity index (χ2v) is 4.72. The van der Waals surface area contributed by atoms with E-state index in [-0.39, 0.29) is 6.04 Å². The minimum Gasteiger partial charge on any atom is -0.508 e. The Morgan fingerprint density at radius 1 is 1.38 bits per heavy atom. The molecule has 0 saturated heterocycles. The molecule has 0 aliphatic carbocycles. The molecule has 2 atom stereocenters. The van der Waals surface area contributed by atoms with Crippen molar-refractivity contribution in [3.63, 3.8) is 0 Å². The summed E-state index contributed by atoms with van der Waals surface area (Å²) in [6.07, 6.45) is 2.29. The van der Waals surface area contributed by atoms with E-state index in [0.29, 0.717) is 16.8 Å². The van der Waals surface area contributed by atoms with Crippen LogP contribution in [0.1, 0.15) is 45.2 Å². The Hall–Kier alpha value is -0.730. The van der Waals surface area contributed by atoms with Crippen LogP contribution in [0.25, 0.3) is 0 Å². The van der Waals surface area contributed by atoms with E-state index in [9.17, 15) is 5.11 Å². The van der Waals surface area contributed by atoms with E-state index in [0.717, 1.165) is 18.4 Å². The molecule has 1 rings (SSSR count). The van der Waals surface area contributed by atoms with Crippen LogP contribution < -0.4 is 5.32 Å². The van der Waals surface area contributed by atoms with Gasteiger partial charge in [0.1, 0.15) is 5.75 Å². The first-order valence-electron chi connectivity index (χ1n) is 5.79. The quantitative estimate of drug-likeness (QED) is 0.820. The molecule has 0 spiro atoms. The van der Waals surface area contributed by atoms with Crippen LogP contribution in [0.2, 0.25) is 5.02 Å². The molecule has 0 fully saturated rings. The lowest BCUT2D eigenvalue weighted by atomic mass is 10.1. The van der Waals surface area contributed by atoms with Gasteiger partial charge in [0.2, 0.25) is 0 Å². The maximum absolute atomic E-state index is 9.75. The minimum atomic E-state index is 0.111. The zero-order chi connectivity index (χ0) is 12.1. The molecule has 2 nitrogen and oxygen atoms in total. The molecule has 3 heteroatoms. The van der Waals surface area contributed by atoms with Gasteiger partial charge in [-0.15, -0.1) is 0 Å². The molecule has 2 unspecified atom stereocenters. The van der Waals surface area contributed by atoms with Crippen molar-refractivity contribution in [2.24, 2.45) is 0 Å². The minimum absolute atomic E-state index is 0.111. The molecule has 0 aliphatic heterocycles. The molecule has 0 saturated carbocycles. The first kappa shape index (κ1) is 13.3. The first-order valence-corrected chi connectivity index (χ1v) is 6.16. The highest BCUT2D eigenvalue weighted by Gasteiger charge is 2.12. The normalized spacial score (nSPS) is 14.8. The third kappa shape index (κ3) is 3.69. The number of hydrogen-bond donors (Lipinski definition) is 2. The Morgan fingerprint density at radius 2 is 2.06 bits per heavy atom. The Labute approximate surface area is 103 Å². The van der Waals surface area contributed by atoms with E-state index in [1.54, 1.807) is 12.1 Å². The third-order valence-electron chi connectivity index (χ3n) is 2.71. The van der Waals surface area contributed by atoms with Gasteiger partial charge in [0.05, 0.1) is 0 Å². The molecule has 0 bridgehead atoms. The highest BCUT2D eigenvalue weighted by molar-refractivity contribution is 6.30. The zero-order valence-corrected chi connectivity index (χ0v) is 10.9. The Morgan fingerprint density at radius 3 is 2.69 bits per heavy atom. The van der Waals surface area contributed by atoms with E-state index < -0.39 is 0 Å². The molecule has 90 valence electrons. The summed E-state index contributed by atoms with van der Waals surface area (Å²) in [5.74, 6) is 0.299. The molecule has 16 heavy (non-hydrogen) atoms. The number of hydrogen-bond acceptors (Lipinski definition) is 2. The Bertz CT molecular complexity index is 341. The van der Waals surface area contributed by atoms with Gasteiger partial charge in [0.15, 0.2) is 0 Å². The van der Waals surface area contributed by atoms with E-state index in [1.807, 2.05) is 13.0 Å². The number of phenolic OH excluding ortho intramolecular Hbond substituents is 1. The SMILES string of the molecule is CCCC(C)NC(C)c1cc(Cl)ccc1O. The van der Waals surface area contributed by atoms with Gasteiger partial charge in [-0.2, -0.15) is 0 Å². The second-order valence-electron chi connectivity index (χ2n) is 4.28. The van der Waals surface area contributed by atoms with Crippen LogP contribution in [0, 0.1) is 0 Å². The van der Waals surface area contributed by atoms with Gasteiger partial charge >= 0.3 is 0 Å². The highest BCUT2D eigenvalue weighted by Crippen LogP contribution is 2.27. The number of phenols is 1. The molecule has 0 aliphatic rings. The number of aromatic hydroxyl groups is 1. The Kier molecular flexibility index (Phi) is 5.10. The summed E-state index contributed by atoms with van der Waals surface area (Å²) in [5, 5.41) is 13.9. The lowest BCUT2D eigenvalue weighted by Gasteiger charge is -2.20. The maximum atomic E-state index is 9.75. The average molecular weight is 242 g/mol. The van der Waals surface area contributed by atoms with E-state index in [1.165, 1.54) is 0 Å². The van der Waals surface area contributed by atoms with Gasteiger partial charge in [0, 0.05) is 22.7 Å². The molecule has 0 amide bonds. The molecular weight excluding hydrogens is 222 g/mol. The largest absolute Gasteiger partial charge is 0.508 e. The smallest absolute Gasteiger partial charge is 0.120 e. The molecule has 0 heterocycles. The molecular formula is C13H20ClNO. The summed E-state index contributed by atoms with van der Waals surface area (Å²) >= 11 is 5.92. The number of halogens is 1. The monoisotopic (exact) mass is 241 g/mol. The van der Waals surface area contributed by atoms with Crippen molar-refractivity contribution in [3.05, 3.63) is 28.8 Å². The first-order chi connectivity index (χ1) is 7.54. The van der Waals surface area contributed by atoms with Crippen LogP contribution in [0.5, 0.6) is 5.75 Å². The van der Waals surface area contributed by atoms with Gasteiger partial charge in [-0.3, -0.25) is 0 Å². The molecule has 0 radical (unpaired) electrons. The van der Waals surface area contributed by atoms with Crippen LogP contribution in [0.3, 0.4) is 0 Å².